The first kappa shape index (κ1) is 15.6. The Balaban J connectivity index is 1.55. The third kappa shape index (κ3) is 2.95. The zero-order valence-electron chi connectivity index (χ0n) is 13.9. The molecule has 0 radical (unpaired) electrons. The van der Waals surface area contributed by atoms with E-state index < -0.39 is 6.10 Å². The van der Waals surface area contributed by atoms with Crippen LogP contribution >= 0.6 is 0 Å². The molecule has 3 nitrogen and oxygen atoms in total. The van der Waals surface area contributed by atoms with E-state index in [-0.39, 0.29) is 11.7 Å². The summed E-state index contributed by atoms with van der Waals surface area (Å²) in [6.07, 6.45) is 1.41. The Morgan fingerprint density at radius 2 is 1.76 bits per heavy atom. The minimum absolute atomic E-state index is 0.233. The van der Waals surface area contributed by atoms with Crippen molar-refractivity contribution in [3.05, 3.63) is 71.5 Å². The van der Waals surface area contributed by atoms with Gasteiger partial charge in [0.05, 0.1) is 0 Å². The van der Waals surface area contributed by atoms with Gasteiger partial charge < -0.3 is 10.1 Å². The lowest BCUT2D eigenvalue weighted by atomic mass is 10.0. The van der Waals surface area contributed by atoms with E-state index in [9.17, 15) is 9.18 Å². The van der Waals surface area contributed by atoms with Crippen LogP contribution in [0.1, 0.15) is 18.1 Å². The van der Waals surface area contributed by atoms with Gasteiger partial charge in [0.2, 0.25) is 0 Å². The van der Waals surface area contributed by atoms with E-state index in [1.165, 1.54) is 40.8 Å². The normalized spacial score (nSPS) is 13.7. The highest BCUT2D eigenvalue weighted by Gasteiger charge is 2.19. The predicted molar refractivity (Wildman–Crippen MR) is 96.5 cm³/mol. The molecule has 1 amide bonds. The van der Waals surface area contributed by atoms with Crippen molar-refractivity contribution in [1.82, 2.24) is 0 Å². The number of halogens is 1. The van der Waals surface area contributed by atoms with Crippen LogP contribution < -0.4 is 10.1 Å². The van der Waals surface area contributed by atoms with E-state index in [0.29, 0.717) is 5.75 Å². The van der Waals surface area contributed by atoms with Crippen LogP contribution in [0, 0.1) is 5.82 Å². The quantitative estimate of drug-likeness (QED) is 0.763. The average molecular weight is 335 g/mol. The summed E-state index contributed by atoms with van der Waals surface area (Å²) in [5.41, 5.74) is 3.46. The van der Waals surface area contributed by atoms with E-state index in [1.807, 2.05) is 18.2 Å². The number of anilines is 1. The number of rotatable bonds is 4. The Bertz CT molecular complexity index is 940. The molecular formula is C21H18FNO2. The molecule has 4 rings (SSSR count). The molecule has 1 N–H and O–H groups in total. The standard InChI is InChI=1S/C21H18FNO2/c1-13(25-17-10-8-16(22)9-11-17)21(24)23-19-12-7-15-6-5-14-3-2-4-18(19)20(14)15/h2-4,7-13H,5-6H2,1H3,(H,23,24). The molecule has 126 valence electrons. The summed E-state index contributed by atoms with van der Waals surface area (Å²) in [6, 6.07) is 15.9. The summed E-state index contributed by atoms with van der Waals surface area (Å²) in [6.45, 7) is 1.68. The van der Waals surface area contributed by atoms with Crippen LogP contribution in [-0.4, -0.2) is 12.0 Å². The second-order valence-electron chi connectivity index (χ2n) is 6.32. The number of amides is 1. The molecule has 0 saturated heterocycles. The number of hydrogen-bond acceptors (Lipinski definition) is 2. The van der Waals surface area contributed by atoms with E-state index in [0.717, 1.165) is 23.9 Å². The molecule has 0 bridgehead atoms. The topological polar surface area (TPSA) is 38.3 Å². The molecule has 3 aromatic carbocycles. The number of aryl methyl sites for hydroxylation is 2. The van der Waals surface area contributed by atoms with Crippen LogP contribution in [0.15, 0.2) is 54.6 Å². The Kier molecular flexibility index (Phi) is 3.88. The van der Waals surface area contributed by atoms with Crippen molar-refractivity contribution in [3.8, 4) is 5.75 Å². The fourth-order valence-electron chi connectivity index (χ4n) is 3.36. The summed E-state index contributed by atoms with van der Waals surface area (Å²) < 4.78 is 18.6. The molecule has 0 aliphatic heterocycles. The van der Waals surface area contributed by atoms with Crippen LogP contribution in [0.4, 0.5) is 10.1 Å². The smallest absolute Gasteiger partial charge is 0.265 e. The third-order valence-corrected chi connectivity index (χ3v) is 4.63. The van der Waals surface area contributed by atoms with Gasteiger partial charge in [-0.25, -0.2) is 4.39 Å². The number of benzene rings is 3. The molecule has 1 aliphatic carbocycles. The predicted octanol–water partition coefficient (Wildman–Crippen LogP) is 4.48. The highest BCUT2D eigenvalue weighted by atomic mass is 19.1. The first-order valence-electron chi connectivity index (χ1n) is 8.38. The van der Waals surface area contributed by atoms with E-state index in [2.05, 4.69) is 17.4 Å². The van der Waals surface area contributed by atoms with Gasteiger partial charge in [-0.05, 0) is 66.6 Å². The molecule has 0 fully saturated rings. The van der Waals surface area contributed by atoms with Crippen LogP contribution in [0.3, 0.4) is 0 Å². The van der Waals surface area contributed by atoms with Crippen molar-refractivity contribution >= 4 is 22.4 Å². The summed E-state index contributed by atoms with van der Waals surface area (Å²) in [5, 5.41) is 5.28. The number of carbonyl (C=O) groups is 1. The van der Waals surface area contributed by atoms with Gasteiger partial charge in [-0.15, -0.1) is 0 Å². The summed E-state index contributed by atoms with van der Waals surface area (Å²) in [5.74, 6) is -0.107. The lowest BCUT2D eigenvalue weighted by Crippen LogP contribution is -2.30. The Morgan fingerprint density at radius 3 is 2.52 bits per heavy atom. The third-order valence-electron chi connectivity index (χ3n) is 4.63. The first-order chi connectivity index (χ1) is 12.1. The van der Waals surface area contributed by atoms with Gasteiger partial charge >= 0.3 is 0 Å². The number of carbonyl (C=O) groups excluding carboxylic acids is 1. The molecule has 4 heteroatoms. The fourth-order valence-corrected chi connectivity index (χ4v) is 3.36. The maximum absolute atomic E-state index is 13.0. The van der Waals surface area contributed by atoms with Crippen LogP contribution in [0.2, 0.25) is 0 Å². The molecule has 0 heterocycles. The van der Waals surface area contributed by atoms with Crippen molar-refractivity contribution < 1.29 is 13.9 Å². The number of ether oxygens (including phenoxy) is 1. The van der Waals surface area contributed by atoms with Crippen molar-refractivity contribution in [2.24, 2.45) is 0 Å². The lowest BCUT2D eigenvalue weighted by Gasteiger charge is -2.16. The van der Waals surface area contributed by atoms with Gasteiger partial charge in [-0.1, -0.05) is 24.3 Å². The summed E-state index contributed by atoms with van der Waals surface area (Å²) >= 11 is 0. The monoisotopic (exact) mass is 335 g/mol. The maximum atomic E-state index is 13.0. The minimum Gasteiger partial charge on any atom is -0.481 e. The van der Waals surface area contributed by atoms with Gasteiger partial charge in [0.1, 0.15) is 11.6 Å². The molecule has 1 atom stereocenters. The molecule has 25 heavy (non-hydrogen) atoms. The van der Waals surface area contributed by atoms with Gasteiger partial charge in [-0.2, -0.15) is 0 Å². The van der Waals surface area contributed by atoms with E-state index in [1.54, 1.807) is 6.92 Å². The Morgan fingerprint density at radius 1 is 1.04 bits per heavy atom. The molecule has 3 aromatic rings. The van der Waals surface area contributed by atoms with Crippen LogP contribution in [-0.2, 0) is 17.6 Å². The number of hydrogen-bond donors (Lipinski definition) is 1. The Hall–Kier alpha value is -2.88. The largest absolute Gasteiger partial charge is 0.481 e. The molecule has 0 saturated carbocycles. The number of nitrogens with one attached hydrogen (secondary N) is 1. The van der Waals surface area contributed by atoms with Gasteiger partial charge in [0, 0.05) is 11.1 Å². The zero-order valence-corrected chi connectivity index (χ0v) is 13.9. The molecule has 1 unspecified atom stereocenters. The van der Waals surface area contributed by atoms with Crippen LogP contribution in [0.5, 0.6) is 5.75 Å². The van der Waals surface area contributed by atoms with E-state index >= 15 is 0 Å². The highest BCUT2D eigenvalue weighted by Crippen LogP contribution is 2.35. The first-order valence-corrected chi connectivity index (χ1v) is 8.38. The van der Waals surface area contributed by atoms with Gasteiger partial charge in [-0.3, -0.25) is 4.79 Å². The van der Waals surface area contributed by atoms with Gasteiger partial charge in [0.25, 0.3) is 5.91 Å². The minimum atomic E-state index is -0.687. The van der Waals surface area contributed by atoms with E-state index in [4.69, 9.17) is 4.74 Å². The van der Waals surface area contributed by atoms with Crippen molar-refractivity contribution in [2.45, 2.75) is 25.9 Å². The summed E-state index contributed by atoms with van der Waals surface area (Å²) in [7, 11) is 0. The zero-order chi connectivity index (χ0) is 17.4. The SMILES string of the molecule is CC(Oc1ccc(F)cc1)C(=O)Nc1ccc2c3c(cccc13)CC2. The fraction of sp³-hybridized carbons (Fsp3) is 0.190. The molecular weight excluding hydrogens is 317 g/mol. The second-order valence-corrected chi connectivity index (χ2v) is 6.32. The Labute approximate surface area is 145 Å². The van der Waals surface area contributed by atoms with Crippen LogP contribution in [0.25, 0.3) is 10.8 Å². The average Bonchev–Trinajstić information content (AvgIpc) is 3.04. The lowest BCUT2D eigenvalue weighted by molar-refractivity contribution is -0.122. The molecule has 1 aliphatic rings. The maximum Gasteiger partial charge on any atom is 0.265 e. The van der Waals surface area contributed by atoms with Crippen molar-refractivity contribution in [3.63, 3.8) is 0 Å². The highest BCUT2D eigenvalue weighted by molar-refractivity contribution is 6.06. The summed E-state index contributed by atoms with van der Waals surface area (Å²) in [4.78, 5) is 12.5. The molecule has 0 spiro atoms. The van der Waals surface area contributed by atoms with Crippen molar-refractivity contribution in [1.29, 1.82) is 0 Å². The molecule has 0 aromatic heterocycles. The van der Waals surface area contributed by atoms with Gasteiger partial charge in [0.15, 0.2) is 6.10 Å². The van der Waals surface area contributed by atoms with Crippen molar-refractivity contribution in [2.75, 3.05) is 5.32 Å². The second kappa shape index (κ2) is 6.20.